The standard InChI is InChI=1S/C24H26N2O4S/c1-17(2)19-10-8-18(9-11-19)15-26(21-12-13-31(28,29)16-21)24(27)22-14-23(30-25-22)20-6-4-3-5-7-20/h3-11,14,17,21H,12-13,15-16H2,1-2H3. The summed E-state index contributed by atoms with van der Waals surface area (Å²) in [6, 6.07) is 18.8. The third-order valence-corrected chi connectivity index (χ3v) is 7.45. The van der Waals surface area contributed by atoms with Crippen LogP contribution < -0.4 is 0 Å². The second-order valence-electron chi connectivity index (χ2n) is 8.33. The highest BCUT2D eigenvalue weighted by Gasteiger charge is 2.36. The van der Waals surface area contributed by atoms with E-state index in [0.717, 1.165) is 11.1 Å². The van der Waals surface area contributed by atoms with Gasteiger partial charge in [-0.15, -0.1) is 0 Å². The van der Waals surface area contributed by atoms with Crippen molar-refractivity contribution >= 4 is 15.7 Å². The molecule has 1 aromatic heterocycles. The average molecular weight is 439 g/mol. The van der Waals surface area contributed by atoms with Gasteiger partial charge in [-0.25, -0.2) is 8.42 Å². The van der Waals surface area contributed by atoms with Crippen LogP contribution in [-0.2, 0) is 16.4 Å². The first-order valence-corrected chi connectivity index (χ1v) is 12.3. The van der Waals surface area contributed by atoms with Crippen LogP contribution in [-0.4, -0.2) is 41.9 Å². The van der Waals surface area contributed by atoms with Gasteiger partial charge in [0, 0.05) is 24.2 Å². The highest BCUT2D eigenvalue weighted by Crippen LogP contribution is 2.25. The van der Waals surface area contributed by atoms with E-state index < -0.39 is 9.84 Å². The highest BCUT2D eigenvalue weighted by atomic mass is 32.2. The second kappa shape index (κ2) is 8.67. The van der Waals surface area contributed by atoms with Crippen LogP contribution in [0.25, 0.3) is 11.3 Å². The van der Waals surface area contributed by atoms with E-state index in [2.05, 4.69) is 31.1 Å². The summed E-state index contributed by atoms with van der Waals surface area (Å²) in [4.78, 5) is 15.0. The average Bonchev–Trinajstić information content (AvgIpc) is 3.39. The van der Waals surface area contributed by atoms with Crippen molar-refractivity contribution in [1.82, 2.24) is 10.1 Å². The third kappa shape index (κ3) is 4.88. The Labute approximate surface area is 182 Å². The monoisotopic (exact) mass is 438 g/mol. The second-order valence-corrected chi connectivity index (χ2v) is 10.6. The Balaban J connectivity index is 1.61. The van der Waals surface area contributed by atoms with Crippen molar-refractivity contribution in [2.24, 2.45) is 0 Å². The van der Waals surface area contributed by atoms with Crippen LogP contribution in [0.2, 0.25) is 0 Å². The number of benzene rings is 2. The zero-order chi connectivity index (χ0) is 22.0. The van der Waals surface area contributed by atoms with Crippen molar-refractivity contribution in [2.75, 3.05) is 11.5 Å². The third-order valence-electron chi connectivity index (χ3n) is 5.70. The summed E-state index contributed by atoms with van der Waals surface area (Å²) in [6.07, 6.45) is 0.432. The van der Waals surface area contributed by atoms with Gasteiger partial charge in [-0.05, 0) is 23.5 Å². The molecular formula is C24H26N2O4S. The fraction of sp³-hybridized carbons (Fsp3) is 0.333. The largest absolute Gasteiger partial charge is 0.355 e. The van der Waals surface area contributed by atoms with Crippen molar-refractivity contribution in [3.63, 3.8) is 0 Å². The maximum atomic E-state index is 13.4. The quantitative estimate of drug-likeness (QED) is 0.573. The van der Waals surface area contributed by atoms with E-state index in [-0.39, 0.29) is 29.1 Å². The number of carbonyl (C=O) groups is 1. The molecule has 1 fully saturated rings. The van der Waals surface area contributed by atoms with Gasteiger partial charge in [0.25, 0.3) is 5.91 Å². The first-order chi connectivity index (χ1) is 14.8. The van der Waals surface area contributed by atoms with Crippen molar-refractivity contribution in [3.05, 3.63) is 77.5 Å². The molecule has 0 bridgehead atoms. The smallest absolute Gasteiger partial charge is 0.276 e. The molecule has 162 valence electrons. The van der Waals surface area contributed by atoms with Crippen LogP contribution in [0.5, 0.6) is 0 Å². The molecule has 0 N–H and O–H groups in total. The lowest BCUT2D eigenvalue weighted by molar-refractivity contribution is 0.0670. The number of hydrogen-bond donors (Lipinski definition) is 0. The molecule has 6 nitrogen and oxygen atoms in total. The lowest BCUT2D eigenvalue weighted by Crippen LogP contribution is -2.40. The minimum Gasteiger partial charge on any atom is -0.355 e. The van der Waals surface area contributed by atoms with Gasteiger partial charge in [-0.3, -0.25) is 4.79 Å². The van der Waals surface area contributed by atoms with Gasteiger partial charge in [0.1, 0.15) is 0 Å². The van der Waals surface area contributed by atoms with Gasteiger partial charge in [0.05, 0.1) is 11.5 Å². The number of hydrogen-bond acceptors (Lipinski definition) is 5. The molecule has 7 heteroatoms. The van der Waals surface area contributed by atoms with Crippen LogP contribution >= 0.6 is 0 Å². The van der Waals surface area contributed by atoms with E-state index in [0.29, 0.717) is 24.6 Å². The maximum absolute atomic E-state index is 13.4. The van der Waals surface area contributed by atoms with Gasteiger partial charge < -0.3 is 9.42 Å². The summed E-state index contributed by atoms with van der Waals surface area (Å²) in [7, 11) is -3.14. The van der Waals surface area contributed by atoms with Gasteiger partial charge >= 0.3 is 0 Å². The minimum atomic E-state index is -3.14. The molecule has 0 aliphatic carbocycles. The SMILES string of the molecule is CC(C)c1ccc(CN(C(=O)c2cc(-c3ccccc3)on2)C2CCS(=O)(=O)C2)cc1. The van der Waals surface area contributed by atoms with Gasteiger partial charge in [0.15, 0.2) is 21.3 Å². The van der Waals surface area contributed by atoms with Crippen molar-refractivity contribution < 1.29 is 17.7 Å². The predicted octanol–water partition coefficient (Wildman–Crippen LogP) is 4.29. The molecule has 3 aromatic rings. The van der Waals surface area contributed by atoms with Crippen LogP contribution in [0, 0.1) is 0 Å². The lowest BCUT2D eigenvalue weighted by Gasteiger charge is -2.27. The maximum Gasteiger partial charge on any atom is 0.276 e. The number of sulfone groups is 1. The van der Waals surface area contributed by atoms with E-state index in [1.54, 1.807) is 11.0 Å². The number of nitrogens with zero attached hydrogens (tertiary/aromatic N) is 2. The number of aromatic nitrogens is 1. The fourth-order valence-electron chi connectivity index (χ4n) is 3.85. The van der Waals surface area contributed by atoms with Crippen LogP contribution in [0.15, 0.2) is 65.2 Å². The first kappa shape index (κ1) is 21.3. The Hall–Kier alpha value is -2.93. The van der Waals surface area contributed by atoms with Crippen molar-refractivity contribution in [1.29, 1.82) is 0 Å². The number of rotatable bonds is 6. The topological polar surface area (TPSA) is 80.5 Å². The van der Waals surface area contributed by atoms with Crippen LogP contribution in [0.1, 0.15) is 47.8 Å². The van der Waals surface area contributed by atoms with Crippen molar-refractivity contribution in [2.45, 2.75) is 38.8 Å². The Morgan fingerprint density at radius 2 is 1.84 bits per heavy atom. The summed E-state index contributed by atoms with van der Waals surface area (Å²) >= 11 is 0. The predicted molar refractivity (Wildman–Crippen MR) is 119 cm³/mol. The Morgan fingerprint density at radius 1 is 1.13 bits per heavy atom. The van der Waals surface area contributed by atoms with Crippen molar-refractivity contribution in [3.8, 4) is 11.3 Å². The zero-order valence-electron chi connectivity index (χ0n) is 17.7. The molecule has 31 heavy (non-hydrogen) atoms. The molecule has 1 aliphatic rings. The van der Waals surface area contributed by atoms with Gasteiger partial charge in [0.2, 0.25) is 0 Å². The molecule has 4 rings (SSSR count). The van der Waals surface area contributed by atoms with Crippen LogP contribution in [0.3, 0.4) is 0 Å². The van der Waals surface area contributed by atoms with E-state index in [9.17, 15) is 13.2 Å². The molecule has 2 aromatic carbocycles. The van der Waals surface area contributed by atoms with Crippen LogP contribution in [0.4, 0.5) is 0 Å². The molecule has 0 spiro atoms. The Morgan fingerprint density at radius 3 is 2.45 bits per heavy atom. The molecule has 1 saturated heterocycles. The minimum absolute atomic E-state index is 0.0216. The highest BCUT2D eigenvalue weighted by molar-refractivity contribution is 7.91. The zero-order valence-corrected chi connectivity index (χ0v) is 18.5. The van der Waals surface area contributed by atoms with Gasteiger partial charge in [-0.2, -0.15) is 0 Å². The molecular weight excluding hydrogens is 412 g/mol. The summed E-state index contributed by atoms with van der Waals surface area (Å²) in [5, 5.41) is 3.98. The van der Waals surface area contributed by atoms with Gasteiger partial charge in [-0.1, -0.05) is 73.6 Å². The summed E-state index contributed by atoms with van der Waals surface area (Å²) < 4.78 is 29.6. The molecule has 1 aliphatic heterocycles. The Kier molecular flexibility index (Phi) is 5.96. The number of amides is 1. The summed E-state index contributed by atoms with van der Waals surface area (Å²) in [5.74, 6) is 0.678. The lowest BCUT2D eigenvalue weighted by atomic mass is 10.0. The van der Waals surface area contributed by atoms with E-state index >= 15 is 0 Å². The summed E-state index contributed by atoms with van der Waals surface area (Å²) in [5.41, 5.74) is 3.18. The first-order valence-electron chi connectivity index (χ1n) is 10.4. The normalized spacial score (nSPS) is 17.7. The number of carbonyl (C=O) groups excluding carboxylic acids is 1. The molecule has 1 amide bonds. The molecule has 2 heterocycles. The van der Waals surface area contributed by atoms with E-state index in [1.165, 1.54) is 5.56 Å². The molecule has 0 saturated carbocycles. The Bertz CT molecular complexity index is 1150. The van der Waals surface area contributed by atoms with E-state index in [4.69, 9.17) is 4.52 Å². The van der Waals surface area contributed by atoms with E-state index in [1.807, 2.05) is 42.5 Å². The summed E-state index contributed by atoms with van der Waals surface area (Å²) in [6.45, 7) is 4.58. The fourth-order valence-corrected chi connectivity index (χ4v) is 5.58. The molecule has 0 radical (unpaired) electrons. The molecule has 1 atom stereocenters. The molecule has 1 unspecified atom stereocenters.